The van der Waals surface area contributed by atoms with Crippen LogP contribution >= 0.6 is 0 Å². The summed E-state index contributed by atoms with van der Waals surface area (Å²) in [5.41, 5.74) is 0. The van der Waals surface area contributed by atoms with E-state index in [2.05, 4.69) is 13.8 Å². The van der Waals surface area contributed by atoms with Crippen molar-refractivity contribution >= 4 is 0 Å². The molecule has 0 amide bonds. The van der Waals surface area contributed by atoms with Gasteiger partial charge in [0, 0.05) is 0 Å². The van der Waals surface area contributed by atoms with Gasteiger partial charge in [0.2, 0.25) is 0 Å². The fraction of sp³-hybridized carbons (Fsp3) is 0.800. The molecule has 1 aromatic rings. The third kappa shape index (κ3) is 18.5. The van der Waals surface area contributed by atoms with Gasteiger partial charge in [-0.25, -0.2) is 0 Å². The normalized spacial score (nSPS) is 12.5. The van der Waals surface area contributed by atoms with Crippen molar-refractivity contribution in [2.24, 2.45) is 0 Å². The minimum Gasteiger partial charge on any atom is -0.450 e. The van der Waals surface area contributed by atoms with Crippen LogP contribution in [0.5, 0.6) is 11.5 Å². The average molecular weight is 447 g/mol. The van der Waals surface area contributed by atoms with E-state index in [1.807, 2.05) is 24.3 Å². The molecule has 1 unspecified atom stereocenters. The number of unbranched alkanes of at least 4 members (excludes halogenated alkanes) is 17. The Hall–Kier alpha value is -1.02. The van der Waals surface area contributed by atoms with Crippen LogP contribution in [0.4, 0.5) is 0 Å². The molecular formula is C30H54O2. The van der Waals surface area contributed by atoms with Crippen molar-refractivity contribution in [1.29, 1.82) is 0 Å². The standard InChI is InChI=1S/C24H50O.C6H4O/c1-3-5-7-9-11-13-15-17-19-21-23-24(25)22-20-18-16-14-12-10-8-6-4-2;1-2-4-6-5(3-1)7-6/h24-25H,3-23H2,1-2H3;1-4H. The quantitative estimate of drug-likeness (QED) is 0.153. The second-order valence-corrected chi connectivity index (χ2v) is 9.79. The summed E-state index contributed by atoms with van der Waals surface area (Å²) in [5.74, 6) is 2.06. The van der Waals surface area contributed by atoms with Crippen molar-refractivity contribution in [1.82, 2.24) is 0 Å². The predicted molar refractivity (Wildman–Crippen MR) is 141 cm³/mol. The molecule has 0 aromatic heterocycles. The van der Waals surface area contributed by atoms with Crippen LogP contribution < -0.4 is 4.74 Å². The number of para-hydroxylation sites is 2. The van der Waals surface area contributed by atoms with Crippen LogP contribution in [0.1, 0.15) is 149 Å². The largest absolute Gasteiger partial charge is 0.450 e. The van der Waals surface area contributed by atoms with Crippen LogP contribution in [-0.4, -0.2) is 11.2 Å². The van der Waals surface area contributed by atoms with E-state index in [0.29, 0.717) is 0 Å². The zero-order valence-corrected chi connectivity index (χ0v) is 21.6. The number of aliphatic hydroxyl groups excluding tert-OH is 1. The maximum Gasteiger partial charge on any atom is 0.170 e. The monoisotopic (exact) mass is 446 g/mol. The van der Waals surface area contributed by atoms with Gasteiger partial charge in [0.1, 0.15) is 0 Å². The lowest BCUT2D eigenvalue weighted by Crippen LogP contribution is -2.05. The molecule has 1 aliphatic heterocycles. The second kappa shape index (κ2) is 21.8. The summed E-state index contributed by atoms with van der Waals surface area (Å²) in [6, 6.07) is 7.84. The third-order valence-corrected chi connectivity index (χ3v) is 6.56. The fourth-order valence-corrected chi connectivity index (χ4v) is 4.31. The van der Waals surface area contributed by atoms with Gasteiger partial charge in [-0.05, 0) is 25.0 Å². The molecule has 2 nitrogen and oxygen atoms in total. The molecule has 32 heavy (non-hydrogen) atoms. The van der Waals surface area contributed by atoms with Gasteiger partial charge < -0.3 is 9.84 Å². The van der Waals surface area contributed by atoms with Crippen molar-refractivity contribution in [3.63, 3.8) is 0 Å². The van der Waals surface area contributed by atoms with Crippen LogP contribution in [0.25, 0.3) is 0 Å². The molecule has 0 saturated carbocycles. The van der Waals surface area contributed by atoms with Gasteiger partial charge >= 0.3 is 0 Å². The number of fused-ring (bicyclic) bond motifs is 1. The van der Waals surface area contributed by atoms with E-state index in [4.69, 9.17) is 4.74 Å². The molecule has 1 N–H and O–H groups in total. The number of aliphatic hydroxyl groups is 1. The predicted octanol–water partition coefficient (Wildman–Crippen LogP) is 10.4. The summed E-state index contributed by atoms with van der Waals surface area (Å²) < 4.78 is 4.94. The maximum absolute atomic E-state index is 10.1. The average Bonchev–Trinajstić information content (AvgIpc) is 3.59. The number of rotatable bonds is 21. The molecule has 1 heterocycles. The van der Waals surface area contributed by atoms with Crippen LogP contribution in [0.15, 0.2) is 24.3 Å². The fourth-order valence-electron chi connectivity index (χ4n) is 4.31. The smallest absolute Gasteiger partial charge is 0.170 e. The first-order valence-electron chi connectivity index (χ1n) is 14.2. The third-order valence-electron chi connectivity index (χ3n) is 6.56. The van der Waals surface area contributed by atoms with E-state index in [0.717, 1.165) is 24.3 Å². The second-order valence-electron chi connectivity index (χ2n) is 9.79. The van der Waals surface area contributed by atoms with Gasteiger partial charge in [0.25, 0.3) is 0 Å². The van der Waals surface area contributed by atoms with Gasteiger partial charge in [-0.15, -0.1) is 0 Å². The van der Waals surface area contributed by atoms with Crippen LogP contribution in [0, 0.1) is 0 Å². The first-order valence-corrected chi connectivity index (χ1v) is 14.2. The van der Waals surface area contributed by atoms with Gasteiger partial charge in [-0.3, -0.25) is 0 Å². The van der Waals surface area contributed by atoms with Crippen molar-refractivity contribution in [3.8, 4) is 11.5 Å². The van der Waals surface area contributed by atoms with Crippen LogP contribution in [0.2, 0.25) is 0 Å². The SMILES string of the molecule is CCCCCCCCCCCCC(O)CCCCCCCCCCC.c1ccc2c(c1)O2. The lowest BCUT2D eigenvalue weighted by atomic mass is 10.0. The Morgan fingerprint density at radius 2 is 0.844 bits per heavy atom. The molecule has 186 valence electrons. The van der Waals surface area contributed by atoms with Crippen LogP contribution in [0.3, 0.4) is 0 Å². The molecule has 1 aliphatic rings. The first-order chi connectivity index (χ1) is 15.8. The van der Waals surface area contributed by atoms with Crippen molar-refractivity contribution in [2.45, 2.75) is 155 Å². The molecule has 0 bridgehead atoms. The van der Waals surface area contributed by atoms with Gasteiger partial charge in [-0.2, -0.15) is 0 Å². The summed E-state index contributed by atoms with van der Waals surface area (Å²) in [7, 11) is 0. The lowest BCUT2D eigenvalue weighted by Gasteiger charge is -2.10. The highest BCUT2D eigenvalue weighted by atomic mass is 16.6. The van der Waals surface area contributed by atoms with Gasteiger partial charge in [0.05, 0.1) is 6.10 Å². The van der Waals surface area contributed by atoms with E-state index >= 15 is 0 Å². The van der Waals surface area contributed by atoms with Crippen molar-refractivity contribution < 1.29 is 9.84 Å². The van der Waals surface area contributed by atoms with Gasteiger partial charge in [0.15, 0.2) is 11.5 Å². The van der Waals surface area contributed by atoms with E-state index in [1.165, 1.54) is 122 Å². The Bertz CT molecular complexity index is 492. The van der Waals surface area contributed by atoms with Gasteiger partial charge in [-0.1, -0.05) is 148 Å². The Morgan fingerprint density at radius 3 is 1.16 bits per heavy atom. The number of hydrogen-bond acceptors (Lipinski definition) is 2. The van der Waals surface area contributed by atoms with E-state index in [9.17, 15) is 5.11 Å². The summed E-state index contributed by atoms with van der Waals surface area (Å²) >= 11 is 0. The molecule has 0 aliphatic carbocycles. The van der Waals surface area contributed by atoms with Crippen molar-refractivity contribution in [2.75, 3.05) is 0 Å². The highest BCUT2D eigenvalue weighted by molar-refractivity contribution is 5.53. The summed E-state index contributed by atoms with van der Waals surface area (Å²) in [4.78, 5) is 0. The number of hydrogen-bond donors (Lipinski definition) is 1. The molecule has 1 atom stereocenters. The Kier molecular flexibility index (Phi) is 19.8. The van der Waals surface area contributed by atoms with E-state index in [1.54, 1.807) is 0 Å². The minimum absolute atomic E-state index is 0.0291. The summed E-state index contributed by atoms with van der Waals surface area (Å²) in [6.45, 7) is 4.56. The number of ether oxygens (including phenoxy) is 1. The molecule has 0 fully saturated rings. The molecule has 0 saturated heterocycles. The zero-order valence-electron chi connectivity index (χ0n) is 21.6. The Balaban J connectivity index is 0.000000600. The minimum atomic E-state index is -0.0291. The molecule has 2 rings (SSSR count). The molecule has 0 radical (unpaired) electrons. The highest BCUT2D eigenvalue weighted by Crippen LogP contribution is 2.43. The Morgan fingerprint density at radius 1 is 0.531 bits per heavy atom. The topological polar surface area (TPSA) is 32.8 Å². The first kappa shape index (κ1) is 29.0. The molecule has 0 spiro atoms. The van der Waals surface area contributed by atoms with E-state index < -0.39 is 0 Å². The molecular weight excluding hydrogens is 392 g/mol. The maximum atomic E-state index is 10.1. The number of benzene rings is 1. The van der Waals surface area contributed by atoms with Crippen molar-refractivity contribution in [3.05, 3.63) is 24.3 Å². The van der Waals surface area contributed by atoms with Crippen LogP contribution in [-0.2, 0) is 0 Å². The summed E-state index contributed by atoms with van der Waals surface area (Å²) in [6.07, 6.45) is 28.2. The molecule has 1 aromatic carbocycles. The molecule has 2 heteroatoms. The highest BCUT2D eigenvalue weighted by Gasteiger charge is 2.15. The lowest BCUT2D eigenvalue weighted by molar-refractivity contribution is 0.147. The summed E-state index contributed by atoms with van der Waals surface area (Å²) in [5, 5.41) is 10.1. The van der Waals surface area contributed by atoms with E-state index in [-0.39, 0.29) is 6.10 Å². The zero-order chi connectivity index (χ0) is 23.1. The Labute approximate surface area is 200 Å².